The first-order valence-electron chi connectivity index (χ1n) is 6.68. The smallest absolute Gasteiger partial charge is 0.270 e. The Hall–Kier alpha value is -1.43. The molecule has 0 spiro atoms. The Morgan fingerprint density at radius 3 is 2.50 bits per heavy atom. The van der Waals surface area contributed by atoms with Gasteiger partial charge in [0.2, 0.25) is 0 Å². The molecule has 1 amide bonds. The SMILES string of the molecule is C[C@@H]1CCC[C@H](C)N1C(=O)c1cc([N+](=O)[O-])ccc1Br. The summed E-state index contributed by atoms with van der Waals surface area (Å²) < 4.78 is 0.595. The minimum Gasteiger partial charge on any atom is -0.333 e. The minimum atomic E-state index is -0.480. The lowest BCUT2D eigenvalue weighted by molar-refractivity contribution is -0.384. The monoisotopic (exact) mass is 340 g/mol. The molecule has 1 heterocycles. The molecule has 0 aromatic heterocycles. The molecule has 0 saturated carbocycles. The van der Waals surface area contributed by atoms with Crippen LogP contribution in [0.1, 0.15) is 43.5 Å². The molecule has 1 aliphatic rings. The molecule has 1 aromatic carbocycles. The minimum absolute atomic E-state index is 0.0612. The van der Waals surface area contributed by atoms with Crippen LogP contribution in [0.25, 0.3) is 0 Å². The van der Waals surface area contributed by atoms with E-state index in [1.54, 1.807) is 6.07 Å². The van der Waals surface area contributed by atoms with Crippen LogP contribution < -0.4 is 0 Å². The van der Waals surface area contributed by atoms with Gasteiger partial charge in [-0.05, 0) is 55.1 Å². The van der Waals surface area contributed by atoms with Crippen molar-refractivity contribution in [1.29, 1.82) is 0 Å². The number of halogens is 1. The summed E-state index contributed by atoms with van der Waals surface area (Å²) in [4.78, 5) is 24.9. The van der Waals surface area contributed by atoms with E-state index in [1.807, 2.05) is 18.7 Å². The Morgan fingerprint density at radius 1 is 1.35 bits per heavy atom. The summed E-state index contributed by atoms with van der Waals surface area (Å²) in [6.45, 7) is 4.05. The number of hydrogen-bond acceptors (Lipinski definition) is 3. The van der Waals surface area contributed by atoms with Crippen LogP contribution in [0.2, 0.25) is 0 Å². The number of hydrogen-bond donors (Lipinski definition) is 0. The van der Waals surface area contributed by atoms with Crippen LogP contribution in [0.5, 0.6) is 0 Å². The number of nitro groups is 1. The normalized spacial score (nSPS) is 22.6. The van der Waals surface area contributed by atoms with Crippen LogP contribution in [-0.2, 0) is 0 Å². The van der Waals surface area contributed by atoms with Crippen LogP contribution in [0, 0.1) is 10.1 Å². The first kappa shape index (κ1) is 15.0. The molecule has 2 rings (SSSR count). The fraction of sp³-hybridized carbons (Fsp3) is 0.500. The van der Waals surface area contributed by atoms with Gasteiger partial charge in [0.15, 0.2) is 0 Å². The number of nitro benzene ring substituents is 1. The lowest BCUT2D eigenvalue weighted by Crippen LogP contribution is -2.47. The fourth-order valence-electron chi connectivity index (χ4n) is 2.75. The van der Waals surface area contributed by atoms with E-state index in [0.717, 1.165) is 19.3 Å². The third kappa shape index (κ3) is 2.85. The van der Waals surface area contributed by atoms with Gasteiger partial charge in [0.05, 0.1) is 10.5 Å². The van der Waals surface area contributed by atoms with Crippen molar-refractivity contribution >= 4 is 27.5 Å². The van der Waals surface area contributed by atoms with Crippen molar-refractivity contribution < 1.29 is 9.72 Å². The number of carbonyl (C=O) groups excluding carboxylic acids is 1. The summed E-state index contributed by atoms with van der Waals surface area (Å²) in [5.41, 5.74) is 0.300. The Bertz CT molecular complexity index is 537. The first-order chi connectivity index (χ1) is 9.41. The van der Waals surface area contributed by atoms with Gasteiger partial charge in [-0.1, -0.05) is 0 Å². The van der Waals surface area contributed by atoms with Crippen LogP contribution in [0.4, 0.5) is 5.69 Å². The fourth-order valence-corrected chi connectivity index (χ4v) is 3.17. The molecule has 2 atom stereocenters. The number of rotatable bonds is 2. The number of likely N-dealkylation sites (tertiary alicyclic amines) is 1. The molecule has 1 aromatic rings. The van der Waals surface area contributed by atoms with Gasteiger partial charge in [0.25, 0.3) is 11.6 Å². The predicted molar refractivity (Wildman–Crippen MR) is 79.7 cm³/mol. The Kier molecular flexibility index (Phi) is 4.42. The van der Waals surface area contributed by atoms with Gasteiger partial charge < -0.3 is 4.90 Å². The standard InChI is InChI=1S/C14H17BrN2O3/c1-9-4-3-5-10(2)16(9)14(18)12-8-11(17(19)20)6-7-13(12)15/h6-10H,3-5H2,1-2H3/t9-,10+. The molecule has 1 saturated heterocycles. The van der Waals surface area contributed by atoms with E-state index in [0.29, 0.717) is 10.0 Å². The van der Waals surface area contributed by atoms with Crippen LogP contribution in [0.15, 0.2) is 22.7 Å². The van der Waals surface area contributed by atoms with Gasteiger partial charge >= 0.3 is 0 Å². The molecule has 1 fully saturated rings. The highest BCUT2D eigenvalue weighted by Crippen LogP contribution is 2.29. The second-order valence-electron chi connectivity index (χ2n) is 5.26. The molecule has 0 bridgehead atoms. The largest absolute Gasteiger partial charge is 0.333 e. The molecule has 0 radical (unpaired) electrons. The Morgan fingerprint density at radius 2 is 1.95 bits per heavy atom. The van der Waals surface area contributed by atoms with Gasteiger partial charge in [0, 0.05) is 28.7 Å². The van der Waals surface area contributed by atoms with E-state index in [4.69, 9.17) is 0 Å². The molecule has 0 N–H and O–H groups in total. The van der Waals surface area contributed by atoms with E-state index in [1.165, 1.54) is 12.1 Å². The molecule has 20 heavy (non-hydrogen) atoms. The quantitative estimate of drug-likeness (QED) is 0.608. The number of piperidine rings is 1. The number of carbonyl (C=O) groups is 1. The first-order valence-corrected chi connectivity index (χ1v) is 7.47. The maximum absolute atomic E-state index is 12.7. The van der Waals surface area contributed by atoms with Gasteiger partial charge in [-0.2, -0.15) is 0 Å². The number of nitrogens with zero attached hydrogens (tertiary/aromatic N) is 2. The summed E-state index contributed by atoms with van der Waals surface area (Å²) in [5, 5.41) is 10.9. The molecule has 5 nitrogen and oxygen atoms in total. The van der Waals surface area contributed by atoms with Crippen molar-refractivity contribution in [3.8, 4) is 0 Å². The van der Waals surface area contributed by atoms with Crippen molar-refractivity contribution in [2.75, 3.05) is 0 Å². The highest BCUT2D eigenvalue weighted by molar-refractivity contribution is 9.10. The molecular formula is C14H17BrN2O3. The van der Waals surface area contributed by atoms with Crippen LogP contribution in [0.3, 0.4) is 0 Å². The molecular weight excluding hydrogens is 324 g/mol. The van der Waals surface area contributed by atoms with Gasteiger partial charge in [-0.15, -0.1) is 0 Å². The molecule has 6 heteroatoms. The highest BCUT2D eigenvalue weighted by atomic mass is 79.9. The summed E-state index contributed by atoms with van der Waals surface area (Å²) >= 11 is 3.32. The van der Waals surface area contributed by atoms with Crippen LogP contribution in [-0.4, -0.2) is 27.8 Å². The maximum Gasteiger partial charge on any atom is 0.270 e. The Labute approximate surface area is 126 Å². The van der Waals surface area contributed by atoms with E-state index in [-0.39, 0.29) is 23.7 Å². The third-order valence-electron chi connectivity index (χ3n) is 3.82. The van der Waals surface area contributed by atoms with Gasteiger partial charge in [-0.25, -0.2) is 0 Å². The second-order valence-corrected chi connectivity index (χ2v) is 6.12. The molecule has 0 unspecified atom stereocenters. The van der Waals surface area contributed by atoms with Crippen molar-refractivity contribution in [3.05, 3.63) is 38.3 Å². The van der Waals surface area contributed by atoms with Crippen molar-refractivity contribution in [1.82, 2.24) is 4.90 Å². The van der Waals surface area contributed by atoms with Crippen molar-refractivity contribution in [2.24, 2.45) is 0 Å². The zero-order valence-corrected chi connectivity index (χ0v) is 13.1. The van der Waals surface area contributed by atoms with E-state index in [9.17, 15) is 14.9 Å². The van der Waals surface area contributed by atoms with Crippen molar-refractivity contribution in [2.45, 2.75) is 45.2 Å². The Balaban J connectivity index is 2.37. The maximum atomic E-state index is 12.7. The topological polar surface area (TPSA) is 63.5 Å². The predicted octanol–water partition coefficient (Wildman–Crippen LogP) is 3.76. The average molecular weight is 341 g/mol. The highest BCUT2D eigenvalue weighted by Gasteiger charge is 2.31. The van der Waals surface area contributed by atoms with E-state index in [2.05, 4.69) is 15.9 Å². The zero-order chi connectivity index (χ0) is 14.9. The van der Waals surface area contributed by atoms with Crippen molar-refractivity contribution in [3.63, 3.8) is 0 Å². The third-order valence-corrected chi connectivity index (χ3v) is 4.51. The summed E-state index contributed by atoms with van der Waals surface area (Å²) in [5.74, 6) is -0.139. The summed E-state index contributed by atoms with van der Waals surface area (Å²) in [6, 6.07) is 4.63. The molecule has 1 aliphatic heterocycles. The molecule has 108 valence electrons. The summed E-state index contributed by atoms with van der Waals surface area (Å²) in [7, 11) is 0. The molecule has 0 aliphatic carbocycles. The second kappa shape index (κ2) is 5.91. The lowest BCUT2D eigenvalue weighted by Gasteiger charge is -2.39. The van der Waals surface area contributed by atoms with Gasteiger partial charge in [0.1, 0.15) is 0 Å². The van der Waals surface area contributed by atoms with Gasteiger partial charge in [-0.3, -0.25) is 14.9 Å². The number of amides is 1. The number of non-ortho nitro benzene ring substituents is 1. The zero-order valence-electron chi connectivity index (χ0n) is 11.5. The lowest BCUT2D eigenvalue weighted by atomic mass is 9.96. The van der Waals surface area contributed by atoms with E-state index >= 15 is 0 Å². The number of benzene rings is 1. The van der Waals surface area contributed by atoms with E-state index < -0.39 is 4.92 Å². The van der Waals surface area contributed by atoms with Crippen LogP contribution >= 0.6 is 15.9 Å². The summed E-state index contributed by atoms with van der Waals surface area (Å²) in [6.07, 6.45) is 3.06. The average Bonchev–Trinajstić information content (AvgIpc) is 2.38.